The molecule has 1 aliphatic heterocycles. The highest BCUT2D eigenvalue weighted by molar-refractivity contribution is 9.10. The Hall–Kier alpha value is -3.46. The van der Waals surface area contributed by atoms with Gasteiger partial charge in [-0.25, -0.2) is 4.79 Å². The molecule has 3 aliphatic rings. The number of benzene rings is 2. The minimum absolute atomic E-state index is 0.0840. The minimum Gasteiger partial charge on any atom is -0.493 e. The van der Waals surface area contributed by atoms with Gasteiger partial charge in [0.15, 0.2) is 11.5 Å². The van der Waals surface area contributed by atoms with Gasteiger partial charge in [-0.05, 0) is 48.1 Å². The maximum atomic E-state index is 12.9. The number of aromatic carboxylic acids is 1. The fourth-order valence-electron chi connectivity index (χ4n) is 5.06. The Kier molecular flexibility index (Phi) is 5.73. The number of fused-ring (bicyclic) bond motifs is 5. The van der Waals surface area contributed by atoms with E-state index in [1.165, 1.54) is 25.5 Å². The number of amides is 2. The van der Waals surface area contributed by atoms with Gasteiger partial charge >= 0.3 is 5.97 Å². The van der Waals surface area contributed by atoms with Crippen LogP contribution in [0.15, 0.2) is 58.1 Å². The van der Waals surface area contributed by atoms with E-state index in [2.05, 4.69) is 21.0 Å². The van der Waals surface area contributed by atoms with Gasteiger partial charge in [0.05, 0.1) is 30.7 Å². The van der Waals surface area contributed by atoms with Crippen LogP contribution in [0.3, 0.4) is 0 Å². The molecule has 0 spiro atoms. The lowest BCUT2D eigenvalue weighted by Crippen LogP contribution is -2.28. The second kappa shape index (κ2) is 8.72. The first-order chi connectivity index (χ1) is 16.4. The predicted octanol–water partition coefficient (Wildman–Crippen LogP) is 3.88. The molecule has 0 unspecified atom stereocenters. The number of halogens is 1. The van der Waals surface area contributed by atoms with Crippen molar-refractivity contribution in [2.24, 2.45) is 28.8 Å². The van der Waals surface area contributed by atoms with Crippen LogP contribution in [-0.4, -0.2) is 41.2 Å². The average molecular weight is 525 g/mol. The lowest BCUT2D eigenvalue weighted by molar-refractivity contribution is -0.140. The molecule has 9 heteroatoms. The molecule has 2 amide bonds. The lowest BCUT2D eigenvalue weighted by Gasteiger charge is -2.15. The van der Waals surface area contributed by atoms with Crippen molar-refractivity contribution in [2.45, 2.75) is 13.0 Å². The summed E-state index contributed by atoms with van der Waals surface area (Å²) in [6.07, 6.45) is 6.35. The topological polar surface area (TPSA) is 106 Å². The highest BCUT2D eigenvalue weighted by atomic mass is 79.9. The lowest BCUT2D eigenvalue weighted by atomic mass is 9.85. The molecule has 2 bridgehead atoms. The Labute approximate surface area is 204 Å². The molecule has 8 nitrogen and oxygen atoms in total. The van der Waals surface area contributed by atoms with Crippen LogP contribution in [0.4, 0.5) is 0 Å². The fraction of sp³-hybridized carbons (Fsp3) is 0.280. The molecule has 174 valence electrons. The van der Waals surface area contributed by atoms with Crippen LogP contribution in [0, 0.1) is 23.7 Å². The number of methoxy groups -OCH3 is 1. The number of carbonyl (C=O) groups excluding carboxylic acids is 2. The van der Waals surface area contributed by atoms with Crippen LogP contribution < -0.4 is 9.47 Å². The Bertz CT molecular complexity index is 1230. The van der Waals surface area contributed by atoms with Gasteiger partial charge in [-0.2, -0.15) is 10.1 Å². The highest BCUT2D eigenvalue weighted by Gasteiger charge is 2.59. The number of imide groups is 1. The van der Waals surface area contributed by atoms with E-state index in [0.29, 0.717) is 27.1 Å². The summed E-state index contributed by atoms with van der Waals surface area (Å²) in [6, 6.07) is 9.91. The molecule has 1 saturated heterocycles. The largest absolute Gasteiger partial charge is 0.493 e. The molecule has 2 aromatic carbocycles. The van der Waals surface area contributed by atoms with Gasteiger partial charge < -0.3 is 14.6 Å². The molecule has 34 heavy (non-hydrogen) atoms. The van der Waals surface area contributed by atoms with E-state index in [0.717, 1.165) is 11.4 Å². The molecule has 4 atom stereocenters. The Morgan fingerprint density at radius 1 is 1.18 bits per heavy atom. The first kappa shape index (κ1) is 22.3. The van der Waals surface area contributed by atoms with Crippen molar-refractivity contribution in [3.05, 3.63) is 69.7 Å². The second-order valence-corrected chi connectivity index (χ2v) is 9.47. The third-order valence-corrected chi connectivity index (χ3v) is 7.04. The van der Waals surface area contributed by atoms with E-state index in [1.807, 2.05) is 12.2 Å². The third-order valence-electron chi connectivity index (χ3n) is 6.58. The Morgan fingerprint density at radius 3 is 2.53 bits per heavy atom. The highest BCUT2D eigenvalue weighted by Crippen LogP contribution is 2.52. The average Bonchev–Trinajstić information content (AvgIpc) is 3.51. The number of hydrogen-bond donors (Lipinski definition) is 1. The van der Waals surface area contributed by atoms with Crippen LogP contribution in [0.2, 0.25) is 0 Å². The molecular weight excluding hydrogens is 504 g/mol. The zero-order valence-corrected chi connectivity index (χ0v) is 19.8. The number of carbonyl (C=O) groups is 3. The van der Waals surface area contributed by atoms with Crippen molar-refractivity contribution in [2.75, 3.05) is 7.11 Å². The van der Waals surface area contributed by atoms with E-state index < -0.39 is 5.97 Å². The second-order valence-electron chi connectivity index (χ2n) is 8.55. The fourth-order valence-corrected chi connectivity index (χ4v) is 5.52. The summed E-state index contributed by atoms with van der Waals surface area (Å²) in [5, 5.41) is 14.4. The van der Waals surface area contributed by atoms with Crippen LogP contribution in [0.1, 0.15) is 27.9 Å². The van der Waals surface area contributed by atoms with Gasteiger partial charge in [0.1, 0.15) is 6.61 Å². The van der Waals surface area contributed by atoms with Crippen LogP contribution in [0.25, 0.3) is 0 Å². The van der Waals surface area contributed by atoms with Crippen LogP contribution >= 0.6 is 15.9 Å². The summed E-state index contributed by atoms with van der Waals surface area (Å²) in [5.41, 5.74) is 1.32. The van der Waals surface area contributed by atoms with E-state index in [-0.39, 0.29) is 47.7 Å². The maximum absolute atomic E-state index is 12.9. The standard InChI is InChI=1S/C25H21BrN2O6/c1-33-19-10-18(26)9-17(22(19)34-12-13-3-2-4-16(7-13)25(31)32)11-27-28-23(29)20-14-5-6-15(8-14)21(20)24(28)30/h2-7,9-11,14-15,20-21H,8,12H2,1H3,(H,31,32)/t14-,15-,20-,21+/m0/s1. The minimum atomic E-state index is -1.02. The summed E-state index contributed by atoms with van der Waals surface area (Å²) >= 11 is 3.43. The molecule has 2 fully saturated rings. The van der Waals surface area contributed by atoms with Crippen LogP contribution in [0.5, 0.6) is 11.5 Å². The first-order valence-electron chi connectivity index (χ1n) is 10.8. The van der Waals surface area contributed by atoms with Gasteiger partial charge in [-0.15, -0.1) is 0 Å². The third kappa shape index (κ3) is 3.79. The van der Waals surface area contributed by atoms with Crippen molar-refractivity contribution in [1.82, 2.24) is 5.01 Å². The first-order valence-corrected chi connectivity index (χ1v) is 11.6. The van der Waals surface area contributed by atoms with Gasteiger partial charge in [0, 0.05) is 10.0 Å². The number of nitrogens with zero attached hydrogens (tertiary/aromatic N) is 2. The molecule has 2 aliphatic carbocycles. The zero-order chi connectivity index (χ0) is 24.0. The van der Waals surface area contributed by atoms with E-state index in [4.69, 9.17) is 9.47 Å². The quantitative estimate of drug-likeness (QED) is 0.334. The predicted molar refractivity (Wildman–Crippen MR) is 126 cm³/mol. The normalized spacial score (nSPS) is 24.8. The van der Waals surface area contributed by atoms with Crippen molar-refractivity contribution < 1.29 is 29.0 Å². The number of ether oxygens (including phenoxy) is 2. The molecule has 0 radical (unpaired) electrons. The number of hydrogen-bond acceptors (Lipinski definition) is 6. The van der Waals surface area contributed by atoms with Crippen LogP contribution in [-0.2, 0) is 16.2 Å². The maximum Gasteiger partial charge on any atom is 0.335 e. The monoisotopic (exact) mass is 524 g/mol. The van der Waals surface area contributed by atoms with Gasteiger partial charge in [-0.1, -0.05) is 40.2 Å². The van der Waals surface area contributed by atoms with Gasteiger partial charge in [0.2, 0.25) is 0 Å². The van der Waals surface area contributed by atoms with E-state index >= 15 is 0 Å². The van der Waals surface area contributed by atoms with E-state index in [9.17, 15) is 19.5 Å². The molecule has 1 N–H and O–H groups in total. The Morgan fingerprint density at radius 2 is 1.88 bits per heavy atom. The summed E-state index contributed by atoms with van der Waals surface area (Å²) in [6.45, 7) is 0.0840. The number of carboxylic acids is 1. The van der Waals surface area contributed by atoms with E-state index in [1.54, 1.807) is 24.3 Å². The van der Waals surface area contributed by atoms with Crippen molar-refractivity contribution in [3.63, 3.8) is 0 Å². The molecule has 2 aromatic rings. The number of allylic oxidation sites excluding steroid dienone is 2. The van der Waals surface area contributed by atoms with Crippen molar-refractivity contribution in [1.29, 1.82) is 0 Å². The van der Waals surface area contributed by atoms with Gasteiger partial charge in [-0.3, -0.25) is 9.59 Å². The SMILES string of the molecule is COc1cc(Br)cc(C=NN2C(=O)[C@@H]3[C@H](C2=O)[C@H]2C=C[C@H]3C2)c1OCc1cccc(C(=O)O)c1. The Balaban J connectivity index is 1.41. The molecule has 1 saturated carbocycles. The molecular formula is C25H21BrN2O6. The number of rotatable bonds is 7. The van der Waals surface area contributed by atoms with Crippen molar-refractivity contribution >= 4 is 39.9 Å². The molecule has 5 rings (SSSR count). The summed E-state index contributed by atoms with van der Waals surface area (Å²) in [4.78, 5) is 37.1. The molecule has 1 heterocycles. The van der Waals surface area contributed by atoms with Crippen molar-refractivity contribution in [3.8, 4) is 11.5 Å². The summed E-state index contributed by atoms with van der Waals surface area (Å²) < 4.78 is 12.2. The summed E-state index contributed by atoms with van der Waals surface area (Å²) in [7, 11) is 1.50. The molecule has 0 aromatic heterocycles. The van der Waals surface area contributed by atoms with Gasteiger partial charge in [0.25, 0.3) is 11.8 Å². The smallest absolute Gasteiger partial charge is 0.335 e. The number of hydrazone groups is 1. The summed E-state index contributed by atoms with van der Waals surface area (Å²) in [5.74, 6) is -1.21. The zero-order valence-electron chi connectivity index (χ0n) is 18.2. The number of carboxylic acid groups (broad SMARTS) is 1.